The average Bonchev–Trinajstić information content (AvgIpc) is 3.04. The van der Waals surface area contributed by atoms with Gasteiger partial charge < -0.3 is 30.6 Å². The number of carbonyl (C=O) groups excluding carboxylic acids is 2. The highest BCUT2D eigenvalue weighted by molar-refractivity contribution is 6.09. The molecular formula is C40H38O8. The molecule has 1 aliphatic rings. The molecule has 0 fully saturated rings. The zero-order chi connectivity index (χ0) is 34.7. The van der Waals surface area contributed by atoms with Crippen LogP contribution < -0.4 is 0 Å². The zero-order valence-electron chi connectivity index (χ0n) is 26.9. The van der Waals surface area contributed by atoms with Crippen molar-refractivity contribution in [3.8, 4) is 34.5 Å². The molecule has 0 heterocycles. The Morgan fingerprint density at radius 1 is 0.750 bits per heavy atom. The lowest BCUT2D eigenvalue weighted by Gasteiger charge is -2.37. The van der Waals surface area contributed by atoms with Crippen molar-refractivity contribution in [1.29, 1.82) is 0 Å². The molecule has 0 aromatic heterocycles. The maximum absolute atomic E-state index is 14.7. The third-order valence-electron chi connectivity index (χ3n) is 8.80. The van der Waals surface area contributed by atoms with E-state index in [9.17, 15) is 40.2 Å². The van der Waals surface area contributed by atoms with Crippen molar-refractivity contribution in [2.75, 3.05) is 0 Å². The molecule has 8 heteroatoms. The third-order valence-corrected chi connectivity index (χ3v) is 8.80. The van der Waals surface area contributed by atoms with Crippen molar-refractivity contribution in [2.24, 2.45) is 5.92 Å². The minimum Gasteiger partial charge on any atom is -0.508 e. The monoisotopic (exact) mass is 646 g/mol. The van der Waals surface area contributed by atoms with Crippen LogP contribution in [0.2, 0.25) is 0 Å². The van der Waals surface area contributed by atoms with Crippen molar-refractivity contribution >= 4 is 17.6 Å². The predicted molar refractivity (Wildman–Crippen MR) is 184 cm³/mol. The SMILES string of the molecule is CC(C)=CCc1c(O)ccc(C(=O)[C@@H]2[C@H](c3c(O)ccc(C(=O)/C=C/c4ccc(O)cc4)c3O)C=C(C)C[C@H]2c2ccc(O)cc2)c1O. The average molecular weight is 647 g/mol. The second kappa shape index (κ2) is 13.9. The van der Waals surface area contributed by atoms with E-state index in [1.54, 1.807) is 30.3 Å². The minimum atomic E-state index is -0.986. The Hall–Kier alpha value is -5.76. The van der Waals surface area contributed by atoms with E-state index in [0.29, 0.717) is 12.0 Å². The summed E-state index contributed by atoms with van der Waals surface area (Å²) in [6.45, 7) is 5.64. The summed E-state index contributed by atoms with van der Waals surface area (Å²) >= 11 is 0. The summed E-state index contributed by atoms with van der Waals surface area (Å²) in [5.74, 6) is -4.66. The molecule has 6 N–H and O–H groups in total. The lowest BCUT2D eigenvalue weighted by atomic mass is 9.65. The van der Waals surface area contributed by atoms with Crippen molar-refractivity contribution in [2.45, 2.75) is 45.4 Å². The zero-order valence-corrected chi connectivity index (χ0v) is 26.9. The molecule has 0 saturated carbocycles. The Morgan fingerprint density at radius 2 is 1.35 bits per heavy atom. The Bertz CT molecular complexity index is 1940. The van der Waals surface area contributed by atoms with Gasteiger partial charge in [0.2, 0.25) is 0 Å². The van der Waals surface area contributed by atoms with Gasteiger partial charge in [0.25, 0.3) is 0 Å². The Morgan fingerprint density at radius 3 is 2.00 bits per heavy atom. The topological polar surface area (TPSA) is 156 Å². The molecule has 0 bridgehead atoms. The molecule has 0 unspecified atom stereocenters. The molecule has 1 aliphatic carbocycles. The number of hydrogen-bond acceptors (Lipinski definition) is 8. The fourth-order valence-corrected chi connectivity index (χ4v) is 6.34. The number of allylic oxidation sites excluding steroid dienone is 5. The number of Topliss-reactive ketones (excluding diaryl/α,β-unsaturated/α-hetero) is 1. The predicted octanol–water partition coefficient (Wildman–Crippen LogP) is 8.04. The molecule has 0 radical (unpaired) electrons. The van der Waals surface area contributed by atoms with E-state index in [2.05, 4.69) is 0 Å². The Balaban J connectivity index is 1.65. The van der Waals surface area contributed by atoms with Crippen LogP contribution in [0.4, 0.5) is 0 Å². The number of aromatic hydroxyl groups is 6. The standard InChI is InChI=1S/C40H38O8/c1-22(2)4-14-28-34(44)18-16-30(38(28)46)40(48)36-31(25-8-12-27(42)13-9-25)20-23(3)21-32(36)37-35(45)19-15-29(39(37)47)33(43)17-7-24-5-10-26(41)11-6-24/h4-13,15-19,21,31-32,36,41-42,44-47H,14,20H2,1-3H3/b17-7+/t31-,32+,36-/m0/s1. The van der Waals surface area contributed by atoms with Gasteiger partial charge in [-0.2, -0.15) is 0 Å². The summed E-state index contributed by atoms with van der Waals surface area (Å²) < 4.78 is 0. The van der Waals surface area contributed by atoms with Gasteiger partial charge in [-0.3, -0.25) is 9.59 Å². The molecular weight excluding hydrogens is 608 g/mol. The van der Waals surface area contributed by atoms with Crippen LogP contribution >= 0.6 is 0 Å². The number of ketones is 2. The lowest BCUT2D eigenvalue weighted by Crippen LogP contribution is -2.31. The first-order valence-corrected chi connectivity index (χ1v) is 15.6. The molecule has 4 aromatic rings. The second-order valence-electron chi connectivity index (χ2n) is 12.5. The van der Waals surface area contributed by atoms with Crippen LogP contribution in [0.15, 0.2) is 102 Å². The van der Waals surface area contributed by atoms with Crippen LogP contribution in [-0.4, -0.2) is 42.2 Å². The summed E-state index contributed by atoms with van der Waals surface area (Å²) in [7, 11) is 0. The van der Waals surface area contributed by atoms with E-state index in [1.807, 2.05) is 26.8 Å². The first kappa shape index (κ1) is 33.6. The first-order chi connectivity index (χ1) is 22.8. The molecule has 0 spiro atoms. The highest BCUT2D eigenvalue weighted by Crippen LogP contribution is 2.52. The summed E-state index contributed by atoms with van der Waals surface area (Å²) in [4.78, 5) is 28.0. The van der Waals surface area contributed by atoms with E-state index < -0.39 is 35.1 Å². The first-order valence-electron chi connectivity index (χ1n) is 15.6. The van der Waals surface area contributed by atoms with Crippen molar-refractivity contribution in [3.63, 3.8) is 0 Å². The molecule has 48 heavy (non-hydrogen) atoms. The summed E-state index contributed by atoms with van der Waals surface area (Å²) in [6, 6.07) is 18.0. The van der Waals surface area contributed by atoms with Crippen LogP contribution in [0.5, 0.6) is 34.5 Å². The van der Waals surface area contributed by atoms with Crippen LogP contribution in [0.3, 0.4) is 0 Å². The van der Waals surface area contributed by atoms with E-state index in [4.69, 9.17) is 0 Å². The number of carbonyl (C=O) groups is 2. The number of phenolic OH excluding ortho intramolecular Hbond substituents is 6. The van der Waals surface area contributed by atoms with Crippen LogP contribution in [0, 0.1) is 5.92 Å². The van der Waals surface area contributed by atoms with Crippen LogP contribution in [0.1, 0.15) is 82.0 Å². The lowest BCUT2D eigenvalue weighted by molar-refractivity contribution is 0.0877. The summed E-state index contributed by atoms with van der Waals surface area (Å²) in [5, 5.41) is 64.3. The number of benzene rings is 4. The second-order valence-corrected chi connectivity index (χ2v) is 12.5. The van der Waals surface area contributed by atoms with Gasteiger partial charge in [0.05, 0.1) is 11.1 Å². The highest BCUT2D eigenvalue weighted by atomic mass is 16.3. The Kier molecular flexibility index (Phi) is 9.75. The molecule has 3 atom stereocenters. The molecule has 5 rings (SSSR count). The normalized spacial score (nSPS) is 17.6. The summed E-state index contributed by atoms with van der Waals surface area (Å²) in [5.41, 5.74) is 3.26. The largest absolute Gasteiger partial charge is 0.508 e. The van der Waals surface area contributed by atoms with Crippen molar-refractivity contribution < 1.29 is 40.2 Å². The molecule has 0 aliphatic heterocycles. The van der Waals surface area contributed by atoms with Crippen molar-refractivity contribution in [3.05, 3.63) is 136 Å². The van der Waals surface area contributed by atoms with E-state index >= 15 is 0 Å². The molecule has 246 valence electrons. The van der Waals surface area contributed by atoms with Crippen LogP contribution in [-0.2, 0) is 6.42 Å². The molecule has 4 aromatic carbocycles. The van der Waals surface area contributed by atoms with Gasteiger partial charge in [0.1, 0.15) is 34.5 Å². The smallest absolute Gasteiger partial charge is 0.189 e. The third kappa shape index (κ3) is 6.98. The van der Waals surface area contributed by atoms with Crippen molar-refractivity contribution in [1.82, 2.24) is 0 Å². The van der Waals surface area contributed by atoms with E-state index in [0.717, 1.165) is 16.7 Å². The van der Waals surface area contributed by atoms with Gasteiger partial charge in [-0.15, -0.1) is 0 Å². The van der Waals surface area contributed by atoms with Crippen LogP contribution in [0.25, 0.3) is 6.08 Å². The molecule has 8 nitrogen and oxygen atoms in total. The van der Waals surface area contributed by atoms with Gasteiger partial charge in [-0.05, 0) is 105 Å². The van der Waals surface area contributed by atoms with Gasteiger partial charge >= 0.3 is 0 Å². The number of rotatable bonds is 9. The minimum absolute atomic E-state index is 0.0110. The summed E-state index contributed by atoms with van der Waals surface area (Å²) in [6.07, 6.45) is 7.04. The van der Waals surface area contributed by atoms with E-state index in [1.165, 1.54) is 60.7 Å². The number of phenols is 6. The van der Waals surface area contributed by atoms with Gasteiger partial charge in [-0.1, -0.05) is 53.6 Å². The molecule has 0 amide bonds. The van der Waals surface area contributed by atoms with Gasteiger partial charge in [0, 0.05) is 23.0 Å². The maximum Gasteiger partial charge on any atom is 0.189 e. The van der Waals surface area contributed by atoms with Gasteiger partial charge in [-0.25, -0.2) is 0 Å². The molecule has 0 saturated heterocycles. The van der Waals surface area contributed by atoms with Gasteiger partial charge in [0.15, 0.2) is 11.6 Å². The quantitative estimate of drug-likeness (QED) is 0.0606. The Labute approximate surface area is 278 Å². The highest BCUT2D eigenvalue weighted by Gasteiger charge is 2.43. The van der Waals surface area contributed by atoms with E-state index in [-0.39, 0.29) is 57.4 Å². The fourth-order valence-electron chi connectivity index (χ4n) is 6.34. The maximum atomic E-state index is 14.7. The number of hydrogen-bond donors (Lipinski definition) is 6. The fraction of sp³-hybridized carbons (Fsp3) is 0.200.